The van der Waals surface area contributed by atoms with E-state index in [4.69, 9.17) is 5.73 Å². The summed E-state index contributed by atoms with van der Waals surface area (Å²) in [5.74, 6) is -0.820. The zero-order valence-electron chi connectivity index (χ0n) is 9.83. The fourth-order valence-electron chi connectivity index (χ4n) is 0.721. The van der Waals surface area contributed by atoms with Crippen LogP contribution in [-0.2, 0) is 9.59 Å². The monoisotopic (exact) mass is 212 g/mol. The number of hydrogen-bond acceptors (Lipinski definition) is 2. The van der Waals surface area contributed by atoms with Crippen LogP contribution in [0.5, 0.6) is 0 Å². The Kier molecular flexibility index (Phi) is 7.21. The van der Waals surface area contributed by atoms with Gasteiger partial charge in [-0.05, 0) is 18.4 Å². The average molecular weight is 212 g/mol. The van der Waals surface area contributed by atoms with E-state index in [0.717, 1.165) is 6.08 Å². The van der Waals surface area contributed by atoms with Crippen LogP contribution in [0.15, 0.2) is 24.3 Å². The van der Waals surface area contributed by atoms with Crippen LogP contribution in [0.2, 0.25) is 0 Å². The molecule has 0 spiro atoms. The molecule has 0 rings (SSSR count). The molecule has 0 saturated carbocycles. The fraction of sp³-hybridized carbons (Fsp3) is 0.455. The zero-order valence-corrected chi connectivity index (χ0v) is 9.83. The number of carbonyl (C=O) groups is 2. The van der Waals surface area contributed by atoms with Crippen molar-refractivity contribution >= 4 is 11.8 Å². The first-order valence-electron chi connectivity index (χ1n) is 4.51. The van der Waals surface area contributed by atoms with Crippen molar-refractivity contribution in [1.82, 2.24) is 0 Å². The minimum absolute atomic E-state index is 0.0408. The number of hydrogen-bond donors (Lipinski definition) is 2. The van der Waals surface area contributed by atoms with Gasteiger partial charge in [-0.3, -0.25) is 9.59 Å². The van der Waals surface area contributed by atoms with Crippen LogP contribution in [0.1, 0.15) is 27.7 Å². The van der Waals surface area contributed by atoms with Crippen molar-refractivity contribution in [3.05, 3.63) is 24.3 Å². The summed E-state index contributed by atoms with van der Waals surface area (Å²) in [6, 6.07) is 0. The highest BCUT2D eigenvalue weighted by Gasteiger charge is 2.07. The number of allylic oxidation sites excluding steroid dienone is 1. The Morgan fingerprint density at radius 2 is 1.53 bits per heavy atom. The molecule has 0 fully saturated rings. The molecule has 0 saturated heterocycles. The Hall–Kier alpha value is -1.58. The summed E-state index contributed by atoms with van der Waals surface area (Å²) in [6.07, 6.45) is 2.93. The fourth-order valence-corrected chi connectivity index (χ4v) is 0.721. The van der Waals surface area contributed by atoms with Crippen LogP contribution >= 0.6 is 0 Å². The second kappa shape index (κ2) is 6.81. The standard InChI is InChI=1S/C8H15NO.C3H5NO/c1-6(7(9)10)5-8(2,3)4;1-2-3(4)5/h5H,1-4H3,(H2,9,10);2H,1H2,(H2,4,5). The maximum Gasteiger partial charge on any atom is 0.244 e. The first-order chi connectivity index (χ1) is 6.60. The molecule has 0 aliphatic rings. The molecule has 4 nitrogen and oxygen atoms in total. The highest BCUT2D eigenvalue weighted by Crippen LogP contribution is 2.16. The van der Waals surface area contributed by atoms with Crippen molar-refractivity contribution in [2.24, 2.45) is 16.9 Å². The number of amides is 2. The molecule has 0 aliphatic carbocycles. The molecule has 0 atom stereocenters. The smallest absolute Gasteiger partial charge is 0.244 e. The summed E-state index contributed by atoms with van der Waals surface area (Å²) in [5.41, 5.74) is 10.2. The van der Waals surface area contributed by atoms with Gasteiger partial charge in [0.25, 0.3) is 0 Å². The second-order valence-electron chi connectivity index (χ2n) is 4.16. The molecule has 0 heterocycles. The van der Waals surface area contributed by atoms with Gasteiger partial charge in [0.1, 0.15) is 0 Å². The number of carbonyl (C=O) groups excluding carboxylic acids is 2. The van der Waals surface area contributed by atoms with Crippen molar-refractivity contribution in [3.8, 4) is 0 Å². The van der Waals surface area contributed by atoms with E-state index in [1.54, 1.807) is 6.92 Å². The molecule has 15 heavy (non-hydrogen) atoms. The molecule has 4 heteroatoms. The molecule has 0 aromatic rings. The number of rotatable bonds is 2. The van der Waals surface area contributed by atoms with E-state index in [2.05, 4.69) is 12.3 Å². The normalized spacial score (nSPS) is 11.1. The predicted molar refractivity (Wildman–Crippen MR) is 61.8 cm³/mol. The lowest BCUT2D eigenvalue weighted by Crippen LogP contribution is -2.14. The number of primary amides is 2. The Morgan fingerprint density at radius 3 is 1.60 bits per heavy atom. The maximum absolute atomic E-state index is 10.5. The van der Waals surface area contributed by atoms with E-state index in [9.17, 15) is 9.59 Å². The van der Waals surface area contributed by atoms with Gasteiger partial charge in [0.2, 0.25) is 11.8 Å². The highest BCUT2D eigenvalue weighted by atomic mass is 16.1. The zero-order chi connectivity index (χ0) is 12.6. The van der Waals surface area contributed by atoms with E-state index in [0.29, 0.717) is 5.57 Å². The Balaban J connectivity index is 0. The van der Waals surface area contributed by atoms with Crippen LogP contribution < -0.4 is 11.5 Å². The van der Waals surface area contributed by atoms with Crippen molar-refractivity contribution in [2.45, 2.75) is 27.7 Å². The van der Waals surface area contributed by atoms with Crippen molar-refractivity contribution in [2.75, 3.05) is 0 Å². The lowest BCUT2D eigenvalue weighted by atomic mass is 9.94. The van der Waals surface area contributed by atoms with Crippen molar-refractivity contribution in [3.63, 3.8) is 0 Å². The van der Waals surface area contributed by atoms with Crippen LogP contribution in [0, 0.1) is 5.41 Å². The van der Waals surface area contributed by atoms with E-state index in [1.165, 1.54) is 0 Å². The predicted octanol–water partition coefficient (Wildman–Crippen LogP) is 1.12. The molecule has 0 bridgehead atoms. The first kappa shape index (κ1) is 15.9. The Bertz CT molecular complexity index is 273. The van der Waals surface area contributed by atoms with Crippen molar-refractivity contribution in [1.29, 1.82) is 0 Å². The molecule has 0 unspecified atom stereocenters. The van der Waals surface area contributed by atoms with Gasteiger partial charge < -0.3 is 11.5 Å². The van der Waals surface area contributed by atoms with Gasteiger partial charge in [0, 0.05) is 5.57 Å². The SMILES string of the molecule is C=CC(N)=O.CC(=CC(C)(C)C)C(N)=O. The van der Waals surface area contributed by atoms with Gasteiger partial charge in [-0.1, -0.05) is 33.4 Å². The maximum atomic E-state index is 10.5. The van der Waals surface area contributed by atoms with Gasteiger partial charge in [-0.25, -0.2) is 0 Å². The topological polar surface area (TPSA) is 86.2 Å². The summed E-state index contributed by atoms with van der Waals surface area (Å²) in [4.78, 5) is 20.0. The third kappa shape index (κ3) is 15.2. The summed E-state index contributed by atoms with van der Waals surface area (Å²) < 4.78 is 0. The van der Waals surface area contributed by atoms with E-state index >= 15 is 0 Å². The van der Waals surface area contributed by atoms with E-state index in [1.807, 2.05) is 26.8 Å². The van der Waals surface area contributed by atoms with Gasteiger partial charge in [-0.2, -0.15) is 0 Å². The van der Waals surface area contributed by atoms with Crippen LogP contribution in [-0.4, -0.2) is 11.8 Å². The molecule has 4 N–H and O–H groups in total. The molecule has 2 amide bonds. The molecular weight excluding hydrogens is 192 g/mol. The van der Waals surface area contributed by atoms with Gasteiger partial charge >= 0.3 is 0 Å². The third-order valence-electron chi connectivity index (χ3n) is 1.24. The lowest BCUT2D eigenvalue weighted by Gasteiger charge is -2.12. The van der Waals surface area contributed by atoms with Gasteiger partial charge in [0.15, 0.2) is 0 Å². The Labute approximate surface area is 91.0 Å². The van der Waals surface area contributed by atoms with E-state index in [-0.39, 0.29) is 11.3 Å². The largest absolute Gasteiger partial charge is 0.366 e. The van der Waals surface area contributed by atoms with Crippen LogP contribution in [0.3, 0.4) is 0 Å². The first-order valence-corrected chi connectivity index (χ1v) is 4.51. The van der Waals surface area contributed by atoms with Gasteiger partial charge in [-0.15, -0.1) is 0 Å². The summed E-state index contributed by atoms with van der Waals surface area (Å²) in [7, 11) is 0. The van der Waals surface area contributed by atoms with E-state index < -0.39 is 5.91 Å². The average Bonchev–Trinajstić information content (AvgIpc) is 2.02. The summed E-state index contributed by atoms with van der Waals surface area (Å²) >= 11 is 0. The van der Waals surface area contributed by atoms with Crippen molar-refractivity contribution < 1.29 is 9.59 Å². The highest BCUT2D eigenvalue weighted by molar-refractivity contribution is 5.91. The lowest BCUT2D eigenvalue weighted by molar-refractivity contribution is -0.115. The molecule has 0 aliphatic heterocycles. The molecule has 0 aromatic heterocycles. The second-order valence-corrected chi connectivity index (χ2v) is 4.16. The number of nitrogens with two attached hydrogens (primary N) is 2. The minimum Gasteiger partial charge on any atom is -0.366 e. The molecular formula is C11H20N2O2. The summed E-state index contributed by atoms with van der Waals surface area (Å²) in [6.45, 7) is 10.9. The molecule has 0 radical (unpaired) electrons. The van der Waals surface area contributed by atoms with Gasteiger partial charge in [0.05, 0.1) is 0 Å². The Morgan fingerprint density at radius 1 is 1.20 bits per heavy atom. The third-order valence-corrected chi connectivity index (χ3v) is 1.24. The molecule has 86 valence electrons. The van der Waals surface area contributed by atoms with Crippen LogP contribution in [0.4, 0.5) is 0 Å². The summed E-state index contributed by atoms with van der Waals surface area (Å²) in [5, 5.41) is 0. The molecule has 0 aromatic carbocycles. The van der Waals surface area contributed by atoms with Crippen LogP contribution in [0.25, 0.3) is 0 Å². The minimum atomic E-state index is -0.481. The quantitative estimate of drug-likeness (QED) is 0.672.